The first-order valence-corrected chi connectivity index (χ1v) is 14.0. The van der Waals surface area contributed by atoms with E-state index in [9.17, 15) is 4.79 Å². The van der Waals surface area contributed by atoms with E-state index in [2.05, 4.69) is 65.8 Å². The van der Waals surface area contributed by atoms with Crippen LogP contribution in [-0.2, 0) is 4.74 Å². The van der Waals surface area contributed by atoms with Crippen LogP contribution in [0.5, 0.6) is 11.5 Å². The van der Waals surface area contributed by atoms with Crippen molar-refractivity contribution in [1.82, 2.24) is 0 Å². The van der Waals surface area contributed by atoms with Gasteiger partial charge in [-0.15, -0.1) is 0 Å². The first-order valence-electron chi connectivity index (χ1n) is 14.0. The molecule has 0 aliphatic heterocycles. The van der Waals surface area contributed by atoms with Gasteiger partial charge in [0.1, 0.15) is 13.2 Å². The molecule has 0 saturated carbocycles. The predicted octanol–water partition coefficient (Wildman–Crippen LogP) is 9.79. The minimum atomic E-state index is -0.341. The fourth-order valence-electron chi connectivity index (χ4n) is 3.83. The topological polar surface area (TPSA) is 44.8 Å². The Morgan fingerprint density at radius 2 is 1.15 bits per heavy atom. The second-order valence-corrected chi connectivity index (χ2v) is 10.5. The molecule has 0 aliphatic carbocycles. The van der Waals surface area contributed by atoms with E-state index < -0.39 is 0 Å². The molecule has 2 aromatic rings. The number of carbonyl (C=O) groups excluding carboxylic acids is 1. The van der Waals surface area contributed by atoms with Crippen molar-refractivity contribution in [3.8, 4) is 11.5 Å². The zero-order chi connectivity index (χ0) is 29.3. The van der Waals surface area contributed by atoms with Crippen molar-refractivity contribution < 1.29 is 19.0 Å². The molecule has 4 heteroatoms. The minimum absolute atomic E-state index is 0.341. The Bertz CT molecular complexity index is 1230. The molecule has 0 aromatic heterocycles. The fourth-order valence-corrected chi connectivity index (χ4v) is 3.83. The van der Waals surface area contributed by atoms with Gasteiger partial charge in [-0.05, 0) is 115 Å². The summed E-state index contributed by atoms with van der Waals surface area (Å²) in [6.45, 7) is 13.8. The second-order valence-electron chi connectivity index (χ2n) is 10.5. The molecule has 0 bridgehead atoms. The van der Waals surface area contributed by atoms with Gasteiger partial charge in [0.2, 0.25) is 0 Å². The highest BCUT2D eigenvalue weighted by atomic mass is 16.5. The standard InChI is InChI=1S/C36H46O4/c1-27(2)10-8-12-29(5)22-24-39-34-21-18-32(15-14-31-16-19-33(20-17-31)36(37)38-7)26-35(34)40-25-23-30(6)13-9-11-28(3)4/h10-11,14-23,26H,8-9,12-13,24-25H2,1-7H3/b15-14+,29-22+,30-23+. The molecule has 214 valence electrons. The normalized spacial score (nSPS) is 11.8. The van der Waals surface area contributed by atoms with Crippen LogP contribution < -0.4 is 9.47 Å². The third-order valence-corrected chi connectivity index (χ3v) is 6.29. The number of ether oxygens (including phenoxy) is 3. The largest absolute Gasteiger partial charge is 0.486 e. The van der Waals surface area contributed by atoms with E-state index in [1.807, 2.05) is 42.5 Å². The molecule has 0 radical (unpaired) electrons. The molecular weight excluding hydrogens is 496 g/mol. The highest BCUT2D eigenvalue weighted by Gasteiger charge is 2.07. The van der Waals surface area contributed by atoms with Crippen LogP contribution >= 0.6 is 0 Å². The number of rotatable bonds is 15. The van der Waals surface area contributed by atoms with Crippen LogP contribution in [0.2, 0.25) is 0 Å². The van der Waals surface area contributed by atoms with Crippen LogP contribution in [0.3, 0.4) is 0 Å². The fraction of sp³-hybridized carbons (Fsp3) is 0.361. The number of esters is 1. The highest BCUT2D eigenvalue weighted by Crippen LogP contribution is 2.30. The van der Waals surface area contributed by atoms with Gasteiger partial charge < -0.3 is 14.2 Å². The smallest absolute Gasteiger partial charge is 0.337 e. The van der Waals surface area contributed by atoms with E-state index in [-0.39, 0.29) is 5.97 Å². The average Bonchev–Trinajstić information content (AvgIpc) is 2.92. The van der Waals surface area contributed by atoms with E-state index in [4.69, 9.17) is 14.2 Å². The van der Waals surface area contributed by atoms with E-state index >= 15 is 0 Å². The summed E-state index contributed by atoms with van der Waals surface area (Å²) >= 11 is 0. The Morgan fingerprint density at radius 3 is 1.68 bits per heavy atom. The number of carbonyl (C=O) groups is 1. The first kappa shape index (κ1) is 32.4. The van der Waals surface area contributed by atoms with Crippen molar-refractivity contribution in [2.45, 2.75) is 67.2 Å². The quantitative estimate of drug-likeness (QED) is 0.128. The van der Waals surface area contributed by atoms with Gasteiger partial charge in [0.15, 0.2) is 11.5 Å². The van der Waals surface area contributed by atoms with Gasteiger partial charge in [-0.25, -0.2) is 4.79 Å². The van der Waals surface area contributed by atoms with E-state index in [1.165, 1.54) is 29.4 Å². The number of hydrogen-bond donors (Lipinski definition) is 0. The minimum Gasteiger partial charge on any atom is -0.486 e. The molecule has 0 saturated heterocycles. The summed E-state index contributed by atoms with van der Waals surface area (Å²) < 4.78 is 17.1. The number of benzene rings is 2. The predicted molar refractivity (Wildman–Crippen MR) is 169 cm³/mol. The van der Waals surface area contributed by atoms with Crippen LogP contribution in [0.15, 0.2) is 89.1 Å². The van der Waals surface area contributed by atoms with Crippen molar-refractivity contribution in [2.75, 3.05) is 20.3 Å². The molecule has 0 spiro atoms. The molecule has 2 rings (SSSR count). The third-order valence-electron chi connectivity index (χ3n) is 6.29. The molecule has 0 heterocycles. The molecule has 4 nitrogen and oxygen atoms in total. The molecular formula is C36H46O4. The van der Waals surface area contributed by atoms with Crippen molar-refractivity contribution in [1.29, 1.82) is 0 Å². The van der Waals surface area contributed by atoms with Gasteiger partial charge in [0.25, 0.3) is 0 Å². The van der Waals surface area contributed by atoms with Gasteiger partial charge >= 0.3 is 5.97 Å². The van der Waals surface area contributed by atoms with Gasteiger partial charge in [-0.3, -0.25) is 0 Å². The van der Waals surface area contributed by atoms with E-state index in [1.54, 1.807) is 12.1 Å². The van der Waals surface area contributed by atoms with Crippen molar-refractivity contribution in [3.05, 3.63) is 106 Å². The summed E-state index contributed by atoms with van der Waals surface area (Å²) in [5, 5.41) is 0. The average molecular weight is 543 g/mol. The summed E-state index contributed by atoms with van der Waals surface area (Å²) in [4.78, 5) is 11.7. The number of methoxy groups -OCH3 is 1. The van der Waals surface area contributed by atoms with Crippen molar-refractivity contribution in [2.24, 2.45) is 0 Å². The molecule has 0 N–H and O–H groups in total. The lowest BCUT2D eigenvalue weighted by atomic mass is 10.1. The van der Waals surface area contributed by atoms with Gasteiger partial charge in [-0.1, -0.05) is 64.8 Å². The van der Waals surface area contributed by atoms with Crippen molar-refractivity contribution >= 4 is 18.1 Å². The van der Waals surface area contributed by atoms with Gasteiger partial charge in [0, 0.05) is 0 Å². The lowest BCUT2D eigenvalue weighted by Gasteiger charge is -2.13. The zero-order valence-electron chi connectivity index (χ0n) is 25.4. The van der Waals surface area contributed by atoms with Crippen LogP contribution in [0.1, 0.15) is 88.7 Å². The maximum Gasteiger partial charge on any atom is 0.337 e. The number of hydrogen-bond acceptors (Lipinski definition) is 4. The number of allylic oxidation sites excluding steroid dienone is 6. The summed E-state index contributed by atoms with van der Waals surface area (Å²) in [6.07, 6.45) is 17.0. The monoisotopic (exact) mass is 542 g/mol. The van der Waals surface area contributed by atoms with Crippen molar-refractivity contribution in [3.63, 3.8) is 0 Å². The maximum absolute atomic E-state index is 11.7. The summed E-state index contributed by atoms with van der Waals surface area (Å²) in [7, 11) is 1.38. The molecule has 0 aliphatic rings. The Hall–Kier alpha value is -3.79. The van der Waals surface area contributed by atoms with Crippen LogP contribution in [0, 0.1) is 0 Å². The first-order chi connectivity index (χ1) is 19.2. The summed E-state index contributed by atoms with van der Waals surface area (Å²) in [5.41, 5.74) is 7.82. The maximum atomic E-state index is 11.7. The molecule has 0 fully saturated rings. The molecule has 40 heavy (non-hydrogen) atoms. The van der Waals surface area contributed by atoms with E-state index in [0.29, 0.717) is 24.5 Å². The van der Waals surface area contributed by atoms with Crippen LogP contribution in [-0.4, -0.2) is 26.3 Å². The van der Waals surface area contributed by atoms with Gasteiger partial charge in [-0.2, -0.15) is 0 Å². The van der Waals surface area contributed by atoms with E-state index in [0.717, 1.165) is 42.6 Å². The summed E-state index contributed by atoms with van der Waals surface area (Å²) in [6, 6.07) is 13.3. The second kappa shape index (κ2) is 17.7. The van der Waals surface area contributed by atoms with Gasteiger partial charge in [0.05, 0.1) is 12.7 Å². The summed E-state index contributed by atoms with van der Waals surface area (Å²) in [5.74, 6) is 1.10. The third kappa shape index (κ3) is 12.8. The van der Waals surface area contributed by atoms with Crippen LogP contribution in [0.4, 0.5) is 0 Å². The van der Waals surface area contributed by atoms with Crippen LogP contribution in [0.25, 0.3) is 12.2 Å². The zero-order valence-corrected chi connectivity index (χ0v) is 25.4. The Morgan fingerprint density at radius 1 is 0.650 bits per heavy atom. The highest BCUT2D eigenvalue weighted by molar-refractivity contribution is 5.89. The molecule has 2 aromatic carbocycles. The molecule has 0 atom stereocenters. The SMILES string of the molecule is COC(=O)c1ccc(/C=C/c2ccc(OC/C=C(\C)CCC=C(C)C)c(OC/C=C(\C)CCC=C(C)C)c2)cc1. The lowest BCUT2D eigenvalue weighted by Crippen LogP contribution is -2.01. The Labute approximate surface area is 241 Å². The Balaban J connectivity index is 2.14. The Kier molecular flexibility index (Phi) is 14.4. The molecule has 0 unspecified atom stereocenters. The molecule has 0 amide bonds. The lowest BCUT2D eigenvalue weighted by molar-refractivity contribution is 0.0600.